The molecule has 0 spiro atoms. The van der Waals surface area contributed by atoms with Crippen molar-refractivity contribution in [2.24, 2.45) is 0 Å². The van der Waals surface area contributed by atoms with Crippen molar-refractivity contribution in [3.8, 4) is 0 Å². The molecule has 0 aliphatic carbocycles. The average Bonchev–Trinajstić information content (AvgIpc) is 2.37. The van der Waals surface area contributed by atoms with Gasteiger partial charge in [0.05, 0.1) is 6.61 Å². The van der Waals surface area contributed by atoms with Crippen LogP contribution in [0.5, 0.6) is 0 Å². The molecule has 0 heterocycles. The number of rotatable bonds is 9. The van der Waals surface area contributed by atoms with Gasteiger partial charge in [-0.2, -0.15) is 0 Å². The summed E-state index contributed by atoms with van der Waals surface area (Å²) in [5, 5.41) is 2.46. The monoisotopic (exact) mass is 301 g/mol. The van der Waals surface area contributed by atoms with Gasteiger partial charge in [0.2, 0.25) is 0 Å². The number of unbranched alkanes of at least 4 members (excludes halogenated alkanes) is 1. The smallest absolute Gasteiger partial charge is 0.408 e. The predicted octanol–water partition coefficient (Wildman–Crippen LogP) is 2.43. The van der Waals surface area contributed by atoms with Crippen molar-refractivity contribution in [2.45, 2.75) is 52.2 Å². The van der Waals surface area contributed by atoms with Gasteiger partial charge >= 0.3 is 12.1 Å². The first-order chi connectivity index (χ1) is 9.80. The van der Waals surface area contributed by atoms with Crippen LogP contribution in [0.15, 0.2) is 12.7 Å². The van der Waals surface area contributed by atoms with E-state index in [1.54, 1.807) is 20.8 Å². The maximum atomic E-state index is 11.8. The number of hydrogen-bond acceptors (Lipinski definition) is 5. The standard InChI is InChI=1S/C15H27NO5/c1-6-8-10-19-11-12(13(17)20-9-7-2)16-14(18)21-15(3,4)5/h7,12H,2,6,8-11H2,1,3-5H3,(H,16,18)/t12-/m0/s1. The van der Waals surface area contributed by atoms with E-state index in [-0.39, 0.29) is 13.2 Å². The van der Waals surface area contributed by atoms with Gasteiger partial charge in [-0.15, -0.1) is 0 Å². The van der Waals surface area contributed by atoms with E-state index in [4.69, 9.17) is 14.2 Å². The molecule has 1 atom stereocenters. The number of carbonyl (C=O) groups is 2. The fourth-order valence-electron chi connectivity index (χ4n) is 1.31. The Hall–Kier alpha value is -1.56. The number of carbonyl (C=O) groups excluding carboxylic acids is 2. The molecule has 0 aromatic heterocycles. The lowest BCUT2D eigenvalue weighted by atomic mass is 10.2. The SMILES string of the molecule is C=CCOC(=O)[C@H](COCCCC)NC(=O)OC(C)(C)C. The van der Waals surface area contributed by atoms with Crippen LogP contribution in [-0.2, 0) is 19.0 Å². The molecule has 0 aromatic carbocycles. The van der Waals surface area contributed by atoms with Gasteiger partial charge in [-0.3, -0.25) is 0 Å². The van der Waals surface area contributed by atoms with Crippen molar-refractivity contribution in [1.29, 1.82) is 0 Å². The molecule has 0 aromatic rings. The van der Waals surface area contributed by atoms with E-state index in [0.717, 1.165) is 12.8 Å². The summed E-state index contributed by atoms with van der Waals surface area (Å²) in [5.41, 5.74) is -0.636. The van der Waals surface area contributed by atoms with Crippen molar-refractivity contribution >= 4 is 12.1 Å². The van der Waals surface area contributed by atoms with E-state index in [0.29, 0.717) is 6.61 Å². The largest absolute Gasteiger partial charge is 0.460 e. The van der Waals surface area contributed by atoms with Crippen molar-refractivity contribution < 1.29 is 23.8 Å². The summed E-state index contributed by atoms with van der Waals surface area (Å²) < 4.78 is 15.4. The minimum atomic E-state index is -0.892. The topological polar surface area (TPSA) is 73.9 Å². The molecule has 0 aliphatic rings. The van der Waals surface area contributed by atoms with Gasteiger partial charge < -0.3 is 19.5 Å². The molecule has 0 unspecified atom stereocenters. The minimum absolute atomic E-state index is 0.0508. The van der Waals surface area contributed by atoms with Crippen molar-refractivity contribution in [1.82, 2.24) is 5.32 Å². The van der Waals surface area contributed by atoms with Crippen LogP contribution in [0.3, 0.4) is 0 Å². The molecule has 6 heteroatoms. The molecule has 1 amide bonds. The Morgan fingerprint density at radius 3 is 2.52 bits per heavy atom. The number of esters is 1. The minimum Gasteiger partial charge on any atom is -0.460 e. The summed E-state index contributed by atoms with van der Waals surface area (Å²) in [6, 6.07) is -0.892. The molecule has 1 N–H and O–H groups in total. The molecule has 122 valence electrons. The van der Waals surface area contributed by atoms with Crippen LogP contribution in [-0.4, -0.2) is 43.5 Å². The zero-order valence-electron chi connectivity index (χ0n) is 13.4. The van der Waals surface area contributed by atoms with E-state index in [2.05, 4.69) is 11.9 Å². The molecular weight excluding hydrogens is 274 g/mol. The first-order valence-electron chi connectivity index (χ1n) is 7.15. The van der Waals surface area contributed by atoms with Gasteiger partial charge in [0.15, 0.2) is 6.04 Å². The predicted molar refractivity (Wildman–Crippen MR) is 80.0 cm³/mol. The lowest BCUT2D eigenvalue weighted by Crippen LogP contribution is -2.47. The summed E-state index contributed by atoms with van der Waals surface area (Å²) in [6.45, 7) is 11.4. The van der Waals surface area contributed by atoms with Crippen molar-refractivity contribution in [3.05, 3.63) is 12.7 Å². The van der Waals surface area contributed by atoms with E-state index >= 15 is 0 Å². The van der Waals surface area contributed by atoms with E-state index in [9.17, 15) is 9.59 Å². The van der Waals surface area contributed by atoms with Crippen LogP contribution < -0.4 is 5.32 Å². The molecule has 0 aliphatic heterocycles. The first-order valence-corrected chi connectivity index (χ1v) is 7.15. The second-order valence-electron chi connectivity index (χ2n) is 5.55. The highest BCUT2D eigenvalue weighted by atomic mass is 16.6. The van der Waals surface area contributed by atoms with Gasteiger partial charge in [0, 0.05) is 6.61 Å². The highest BCUT2D eigenvalue weighted by Crippen LogP contribution is 2.07. The summed E-state index contributed by atoms with van der Waals surface area (Å²) in [6.07, 6.45) is 2.66. The summed E-state index contributed by atoms with van der Waals surface area (Å²) in [4.78, 5) is 23.6. The van der Waals surface area contributed by atoms with Crippen LogP contribution in [0.2, 0.25) is 0 Å². The summed E-state index contributed by atoms with van der Waals surface area (Å²) in [7, 11) is 0. The zero-order valence-corrected chi connectivity index (χ0v) is 13.4. The number of amides is 1. The van der Waals surface area contributed by atoms with Crippen LogP contribution in [0.25, 0.3) is 0 Å². The molecule has 0 fully saturated rings. The van der Waals surface area contributed by atoms with E-state index in [1.165, 1.54) is 6.08 Å². The van der Waals surface area contributed by atoms with Gasteiger partial charge in [-0.25, -0.2) is 9.59 Å². The average molecular weight is 301 g/mol. The molecular formula is C15H27NO5. The number of hydrogen-bond donors (Lipinski definition) is 1. The van der Waals surface area contributed by atoms with Gasteiger partial charge in [-0.05, 0) is 27.2 Å². The third-order valence-electron chi connectivity index (χ3n) is 2.25. The number of nitrogens with one attached hydrogen (secondary N) is 1. The van der Waals surface area contributed by atoms with Gasteiger partial charge in [0.25, 0.3) is 0 Å². The Morgan fingerprint density at radius 2 is 2.00 bits per heavy atom. The number of alkyl carbamates (subject to hydrolysis) is 1. The fraction of sp³-hybridized carbons (Fsp3) is 0.733. The van der Waals surface area contributed by atoms with Crippen LogP contribution >= 0.6 is 0 Å². The molecule has 21 heavy (non-hydrogen) atoms. The Kier molecular flexibility index (Phi) is 9.45. The van der Waals surface area contributed by atoms with E-state index < -0.39 is 23.7 Å². The number of ether oxygens (including phenoxy) is 3. The lowest BCUT2D eigenvalue weighted by Gasteiger charge is -2.22. The van der Waals surface area contributed by atoms with E-state index in [1.807, 2.05) is 6.92 Å². The highest BCUT2D eigenvalue weighted by Gasteiger charge is 2.25. The van der Waals surface area contributed by atoms with Crippen molar-refractivity contribution in [2.75, 3.05) is 19.8 Å². The van der Waals surface area contributed by atoms with Gasteiger partial charge in [-0.1, -0.05) is 26.0 Å². The maximum Gasteiger partial charge on any atom is 0.408 e. The second-order valence-corrected chi connectivity index (χ2v) is 5.55. The highest BCUT2D eigenvalue weighted by molar-refractivity contribution is 5.81. The molecule has 6 nitrogen and oxygen atoms in total. The van der Waals surface area contributed by atoms with Crippen LogP contribution in [0.1, 0.15) is 40.5 Å². The lowest BCUT2D eigenvalue weighted by molar-refractivity contribution is -0.146. The Labute approximate surface area is 126 Å². The fourth-order valence-corrected chi connectivity index (χ4v) is 1.31. The Bertz CT molecular complexity index is 335. The summed E-state index contributed by atoms with van der Waals surface area (Å²) >= 11 is 0. The summed E-state index contributed by atoms with van der Waals surface area (Å²) in [5.74, 6) is -0.572. The molecule has 0 rings (SSSR count). The second kappa shape index (κ2) is 10.2. The third kappa shape index (κ3) is 10.8. The molecule has 0 radical (unpaired) electrons. The third-order valence-corrected chi connectivity index (χ3v) is 2.25. The van der Waals surface area contributed by atoms with Crippen LogP contribution in [0.4, 0.5) is 4.79 Å². The molecule has 0 saturated heterocycles. The normalized spacial score (nSPS) is 12.4. The Balaban J connectivity index is 4.45. The van der Waals surface area contributed by atoms with Crippen molar-refractivity contribution in [3.63, 3.8) is 0 Å². The zero-order chi connectivity index (χ0) is 16.3. The molecule has 0 saturated carbocycles. The van der Waals surface area contributed by atoms with Crippen LogP contribution in [0, 0.1) is 0 Å². The molecule has 0 bridgehead atoms. The quantitative estimate of drug-likeness (QED) is 0.402. The Morgan fingerprint density at radius 1 is 1.33 bits per heavy atom. The first kappa shape index (κ1) is 19.4. The van der Waals surface area contributed by atoms with Gasteiger partial charge in [0.1, 0.15) is 12.2 Å². The maximum absolute atomic E-state index is 11.8.